The summed E-state index contributed by atoms with van der Waals surface area (Å²) in [5.74, 6) is 0.138. The van der Waals surface area contributed by atoms with Crippen LogP contribution in [0.25, 0.3) is 0 Å². The Morgan fingerprint density at radius 3 is 2.76 bits per heavy atom. The summed E-state index contributed by atoms with van der Waals surface area (Å²) in [6.07, 6.45) is 9.39. The standard InChI is InChI=1S/C17H27NO2S/c19-14-17(10-4-1-5-11-17)13-18-16(20)9-3-2-7-15-8-6-12-21-15/h6,8,12,19H,1-5,7,9-11,13-14H2,(H,18,20). The lowest BCUT2D eigenvalue weighted by Crippen LogP contribution is -2.41. The summed E-state index contributed by atoms with van der Waals surface area (Å²) in [7, 11) is 0. The van der Waals surface area contributed by atoms with Gasteiger partial charge in [-0.15, -0.1) is 11.3 Å². The minimum Gasteiger partial charge on any atom is -0.396 e. The Balaban J connectivity index is 1.60. The number of hydrogen-bond acceptors (Lipinski definition) is 3. The van der Waals surface area contributed by atoms with Crippen LogP contribution in [0.15, 0.2) is 17.5 Å². The van der Waals surface area contributed by atoms with E-state index >= 15 is 0 Å². The van der Waals surface area contributed by atoms with E-state index in [4.69, 9.17) is 0 Å². The van der Waals surface area contributed by atoms with Crippen LogP contribution in [0.5, 0.6) is 0 Å². The average molecular weight is 309 g/mol. The molecule has 1 fully saturated rings. The fourth-order valence-electron chi connectivity index (χ4n) is 3.11. The Morgan fingerprint density at radius 2 is 2.10 bits per heavy atom. The van der Waals surface area contributed by atoms with Gasteiger partial charge in [0.15, 0.2) is 0 Å². The second-order valence-corrected chi connectivity index (χ2v) is 7.31. The summed E-state index contributed by atoms with van der Waals surface area (Å²) in [4.78, 5) is 13.3. The number of amides is 1. The zero-order valence-corrected chi connectivity index (χ0v) is 13.6. The molecule has 1 aliphatic rings. The highest BCUT2D eigenvalue weighted by Crippen LogP contribution is 2.35. The van der Waals surface area contributed by atoms with Crippen molar-refractivity contribution in [2.24, 2.45) is 5.41 Å². The van der Waals surface area contributed by atoms with Gasteiger partial charge in [0, 0.05) is 23.3 Å². The van der Waals surface area contributed by atoms with E-state index in [9.17, 15) is 9.90 Å². The number of unbranched alkanes of at least 4 members (excludes halogenated alkanes) is 1. The van der Waals surface area contributed by atoms with Crippen molar-refractivity contribution in [3.8, 4) is 0 Å². The SMILES string of the molecule is O=C(CCCCc1cccs1)NCC1(CO)CCCCC1. The maximum Gasteiger partial charge on any atom is 0.220 e. The van der Waals surface area contributed by atoms with Gasteiger partial charge >= 0.3 is 0 Å². The molecule has 0 aromatic carbocycles. The summed E-state index contributed by atoms with van der Waals surface area (Å²) in [6, 6.07) is 4.23. The molecule has 118 valence electrons. The van der Waals surface area contributed by atoms with Gasteiger partial charge in [0.05, 0.1) is 6.61 Å². The van der Waals surface area contributed by atoms with E-state index in [1.54, 1.807) is 11.3 Å². The fourth-order valence-corrected chi connectivity index (χ4v) is 3.86. The van der Waals surface area contributed by atoms with E-state index in [2.05, 4.69) is 22.8 Å². The third kappa shape index (κ3) is 5.44. The van der Waals surface area contributed by atoms with Gasteiger partial charge in [-0.1, -0.05) is 25.3 Å². The van der Waals surface area contributed by atoms with Gasteiger partial charge in [-0.05, 0) is 43.6 Å². The van der Waals surface area contributed by atoms with Crippen LogP contribution in [-0.2, 0) is 11.2 Å². The molecule has 2 N–H and O–H groups in total. The number of aliphatic hydroxyl groups is 1. The summed E-state index contributed by atoms with van der Waals surface area (Å²) in [5, 5.41) is 14.8. The molecule has 1 aliphatic carbocycles. The molecule has 1 aromatic rings. The minimum absolute atomic E-state index is 0.0507. The van der Waals surface area contributed by atoms with Gasteiger partial charge in [0.1, 0.15) is 0 Å². The quantitative estimate of drug-likeness (QED) is 0.722. The summed E-state index contributed by atoms with van der Waals surface area (Å²) in [6.45, 7) is 0.846. The highest BCUT2D eigenvalue weighted by atomic mass is 32.1. The molecule has 21 heavy (non-hydrogen) atoms. The Bertz CT molecular complexity index is 410. The first kappa shape index (κ1) is 16.5. The van der Waals surface area contributed by atoms with Crippen LogP contribution in [0.3, 0.4) is 0 Å². The first-order chi connectivity index (χ1) is 10.2. The number of carbonyl (C=O) groups excluding carboxylic acids is 1. The topological polar surface area (TPSA) is 49.3 Å². The van der Waals surface area contributed by atoms with Gasteiger partial charge in [0.2, 0.25) is 5.91 Å². The zero-order chi connectivity index (χ0) is 15.0. The predicted molar refractivity (Wildman–Crippen MR) is 87.5 cm³/mol. The van der Waals surface area contributed by atoms with Crippen LogP contribution in [0.1, 0.15) is 56.2 Å². The van der Waals surface area contributed by atoms with Crippen molar-refractivity contribution in [2.45, 2.75) is 57.8 Å². The molecule has 1 heterocycles. The molecule has 2 rings (SSSR count). The molecule has 0 aliphatic heterocycles. The van der Waals surface area contributed by atoms with Gasteiger partial charge in [-0.25, -0.2) is 0 Å². The molecule has 1 amide bonds. The second kappa shape index (κ2) is 8.54. The number of rotatable bonds is 8. The molecule has 0 bridgehead atoms. The van der Waals surface area contributed by atoms with Crippen molar-refractivity contribution in [1.29, 1.82) is 0 Å². The molecular weight excluding hydrogens is 282 g/mol. The largest absolute Gasteiger partial charge is 0.396 e. The van der Waals surface area contributed by atoms with Crippen molar-refractivity contribution in [2.75, 3.05) is 13.2 Å². The molecule has 4 heteroatoms. The number of aliphatic hydroxyl groups excluding tert-OH is 1. The number of aryl methyl sites for hydroxylation is 1. The highest BCUT2D eigenvalue weighted by Gasteiger charge is 2.31. The third-order valence-electron chi connectivity index (χ3n) is 4.57. The zero-order valence-electron chi connectivity index (χ0n) is 12.8. The van der Waals surface area contributed by atoms with Gasteiger partial charge in [-0.3, -0.25) is 4.79 Å². The van der Waals surface area contributed by atoms with Crippen LogP contribution < -0.4 is 5.32 Å². The van der Waals surface area contributed by atoms with Crippen molar-refractivity contribution in [3.05, 3.63) is 22.4 Å². The Kier molecular flexibility index (Phi) is 6.71. The molecule has 0 saturated heterocycles. The van der Waals surface area contributed by atoms with Gasteiger partial charge in [0.25, 0.3) is 0 Å². The lowest BCUT2D eigenvalue weighted by Gasteiger charge is -2.35. The lowest BCUT2D eigenvalue weighted by molar-refractivity contribution is -0.122. The van der Waals surface area contributed by atoms with E-state index in [-0.39, 0.29) is 17.9 Å². The van der Waals surface area contributed by atoms with E-state index in [1.165, 1.54) is 24.1 Å². The molecule has 1 saturated carbocycles. The molecule has 0 atom stereocenters. The summed E-state index contributed by atoms with van der Waals surface area (Å²) in [5.41, 5.74) is -0.0507. The number of nitrogens with one attached hydrogen (secondary N) is 1. The van der Waals surface area contributed by atoms with Crippen molar-refractivity contribution in [3.63, 3.8) is 0 Å². The smallest absolute Gasteiger partial charge is 0.220 e. The Morgan fingerprint density at radius 1 is 1.29 bits per heavy atom. The van der Waals surface area contributed by atoms with Crippen LogP contribution in [0.4, 0.5) is 0 Å². The van der Waals surface area contributed by atoms with E-state index in [0.717, 1.165) is 32.1 Å². The van der Waals surface area contributed by atoms with E-state index in [0.29, 0.717) is 13.0 Å². The number of hydrogen-bond donors (Lipinski definition) is 2. The summed E-state index contributed by atoms with van der Waals surface area (Å²) >= 11 is 1.78. The molecular formula is C17H27NO2S. The van der Waals surface area contributed by atoms with Gasteiger partial charge < -0.3 is 10.4 Å². The van der Waals surface area contributed by atoms with Crippen molar-refractivity contribution < 1.29 is 9.90 Å². The molecule has 0 spiro atoms. The van der Waals surface area contributed by atoms with Crippen molar-refractivity contribution >= 4 is 17.2 Å². The highest BCUT2D eigenvalue weighted by molar-refractivity contribution is 7.09. The Labute approximate surface area is 131 Å². The molecule has 1 aromatic heterocycles. The molecule has 0 radical (unpaired) electrons. The van der Waals surface area contributed by atoms with Crippen LogP contribution in [0, 0.1) is 5.41 Å². The van der Waals surface area contributed by atoms with E-state index < -0.39 is 0 Å². The normalized spacial score (nSPS) is 17.6. The first-order valence-corrected chi connectivity index (χ1v) is 9.02. The maximum atomic E-state index is 11.9. The third-order valence-corrected chi connectivity index (χ3v) is 5.50. The maximum absolute atomic E-state index is 11.9. The lowest BCUT2D eigenvalue weighted by atomic mass is 9.74. The van der Waals surface area contributed by atoms with Crippen LogP contribution in [0.2, 0.25) is 0 Å². The first-order valence-electron chi connectivity index (χ1n) is 8.14. The fraction of sp³-hybridized carbons (Fsp3) is 0.706. The van der Waals surface area contributed by atoms with Crippen LogP contribution in [-0.4, -0.2) is 24.2 Å². The average Bonchev–Trinajstić information content (AvgIpc) is 3.04. The molecule has 0 unspecified atom stereocenters. The van der Waals surface area contributed by atoms with Crippen LogP contribution >= 0.6 is 11.3 Å². The summed E-state index contributed by atoms with van der Waals surface area (Å²) < 4.78 is 0. The Hall–Kier alpha value is -0.870. The number of carbonyl (C=O) groups is 1. The monoisotopic (exact) mass is 309 g/mol. The molecule has 3 nitrogen and oxygen atoms in total. The van der Waals surface area contributed by atoms with Gasteiger partial charge in [-0.2, -0.15) is 0 Å². The predicted octanol–water partition coefficient (Wildman–Crippen LogP) is 3.52. The number of thiophene rings is 1. The van der Waals surface area contributed by atoms with E-state index in [1.807, 2.05) is 0 Å². The van der Waals surface area contributed by atoms with Crippen molar-refractivity contribution in [1.82, 2.24) is 5.32 Å². The minimum atomic E-state index is -0.0507. The second-order valence-electron chi connectivity index (χ2n) is 6.28.